The Balaban J connectivity index is 1.98. The van der Waals surface area contributed by atoms with E-state index in [0.29, 0.717) is 49.7 Å². The normalized spacial score (nSPS) is 13.1. The Morgan fingerprint density at radius 2 is 1.97 bits per heavy atom. The first-order chi connectivity index (χ1) is 14.4. The Hall–Kier alpha value is -1.99. The van der Waals surface area contributed by atoms with E-state index in [9.17, 15) is 9.18 Å². The first kappa shape index (κ1) is 24.3. The minimum absolute atomic E-state index is 0.211. The molecule has 0 fully saturated rings. The molecule has 5 nitrogen and oxygen atoms in total. The molecular formula is C23H30ClFN2O3. The molecule has 0 spiro atoms. The lowest BCUT2D eigenvalue weighted by Gasteiger charge is -2.20. The second-order valence-electron chi connectivity index (χ2n) is 7.17. The Morgan fingerprint density at radius 3 is 2.63 bits per heavy atom. The molecule has 2 aromatic rings. The van der Waals surface area contributed by atoms with E-state index >= 15 is 0 Å². The zero-order valence-corrected chi connectivity index (χ0v) is 18.3. The Bertz CT molecular complexity index is 802. The van der Waals surface area contributed by atoms with E-state index in [2.05, 4.69) is 5.32 Å². The van der Waals surface area contributed by atoms with Crippen LogP contribution in [0.5, 0.6) is 0 Å². The van der Waals surface area contributed by atoms with Crippen molar-refractivity contribution in [1.29, 1.82) is 0 Å². The van der Waals surface area contributed by atoms with E-state index in [1.165, 1.54) is 12.1 Å². The van der Waals surface area contributed by atoms with E-state index in [1.807, 2.05) is 24.3 Å². The summed E-state index contributed by atoms with van der Waals surface area (Å²) in [6.45, 7) is 3.84. The third-order valence-electron chi connectivity index (χ3n) is 4.77. The lowest BCUT2D eigenvalue weighted by molar-refractivity contribution is -0.148. The number of halogens is 2. The Morgan fingerprint density at radius 1 is 1.23 bits per heavy atom. The van der Waals surface area contributed by atoms with Crippen LogP contribution in [-0.2, 0) is 20.7 Å². The first-order valence-electron chi connectivity index (χ1n) is 10.1. The van der Waals surface area contributed by atoms with Crippen LogP contribution in [0.4, 0.5) is 4.39 Å². The predicted octanol–water partition coefficient (Wildman–Crippen LogP) is 3.82. The molecule has 3 N–H and O–H groups in total. The van der Waals surface area contributed by atoms with Crippen LogP contribution in [-0.4, -0.2) is 45.4 Å². The van der Waals surface area contributed by atoms with Crippen LogP contribution in [0.25, 0.3) is 11.1 Å². The van der Waals surface area contributed by atoms with Gasteiger partial charge in [0.25, 0.3) is 0 Å². The van der Waals surface area contributed by atoms with Crippen LogP contribution >= 0.6 is 11.6 Å². The molecule has 2 aromatic carbocycles. The molecule has 2 unspecified atom stereocenters. The van der Waals surface area contributed by atoms with Gasteiger partial charge in [0.2, 0.25) is 0 Å². The fourth-order valence-electron chi connectivity index (χ4n) is 3.26. The van der Waals surface area contributed by atoms with E-state index in [4.69, 9.17) is 26.8 Å². The highest BCUT2D eigenvalue weighted by molar-refractivity contribution is 6.30. The van der Waals surface area contributed by atoms with Crippen LogP contribution < -0.4 is 11.1 Å². The van der Waals surface area contributed by atoms with Gasteiger partial charge in [-0.3, -0.25) is 4.79 Å². The van der Waals surface area contributed by atoms with Crippen LogP contribution in [0, 0.1) is 11.7 Å². The van der Waals surface area contributed by atoms with Gasteiger partial charge in [0.15, 0.2) is 0 Å². The molecule has 0 saturated carbocycles. The number of benzene rings is 2. The Kier molecular flexibility index (Phi) is 10.2. The summed E-state index contributed by atoms with van der Waals surface area (Å²) in [4.78, 5) is 12.3. The molecule has 30 heavy (non-hydrogen) atoms. The lowest BCUT2D eigenvalue weighted by Crippen LogP contribution is -2.37. The largest absolute Gasteiger partial charge is 0.466 e. The third-order valence-corrected chi connectivity index (χ3v) is 5.01. The maximum absolute atomic E-state index is 14.1. The van der Waals surface area contributed by atoms with Crippen molar-refractivity contribution in [2.75, 3.05) is 33.4 Å². The summed E-state index contributed by atoms with van der Waals surface area (Å²) in [7, 11) is 1.63. The highest BCUT2D eigenvalue weighted by Gasteiger charge is 2.22. The number of hydrogen-bond acceptors (Lipinski definition) is 5. The van der Waals surface area contributed by atoms with Crippen molar-refractivity contribution in [3.63, 3.8) is 0 Å². The fraction of sp³-hybridized carbons (Fsp3) is 0.435. The quantitative estimate of drug-likeness (QED) is 0.391. The van der Waals surface area contributed by atoms with Gasteiger partial charge in [0, 0.05) is 36.8 Å². The van der Waals surface area contributed by atoms with Crippen molar-refractivity contribution < 1.29 is 18.7 Å². The van der Waals surface area contributed by atoms with Crippen molar-refractivity contribution in [3.8, 4) is 11.1 Å². The van der Waals surface area contributed by atoms with E-state index in [-0.39, 0.29) is 23.7 Å². The van der Waals surface area contributed by atoms with Gasteiger partial charge in [-0.15, -0.1) is 0 Å². The Labute approximate surface area is 182 Å². The molecule has 0 aliphatic carbocycles. The minimum atomic E-state index is -0.323. The van der Waals surface area contributed by atoms with Gasteiger partial charge >= 0.3 is 5.97 Å². The highest BCUT2D eigenvalue weighted by Crippen LogP contribution is 2.26. The average Bonchev–Trinajstić information content (AvgIpc) is 2.73. The molecular weight excluding hydrogens is 407 g/mol. The predicted molar refractivity (Wildman–Crippen MR) is 118 cm³/mol. The van der Waals surface area contributed by atoms with Crippen LogP contribution in [0.3, 0.4) is 0 Å². The molecule has 164 valence electrons. The number of esters is 1. The van der Waals surface area contributed by atoms with Crippen molar-refractivity contribution in [3.05, 3.63) is 58.9 Å². The van der Waals surface area contributed by atoms with Crippen LogP contribution in [0.15, 0.2) is 42.5 Å². The number of methoxy groups -OCH3 is 1. The molecule has 0 saturated heterocycles. The topological polar surface area (TPSA) is 73.6 Å². The summed E-state index contributed by atoms with van der Waals surface area (Å²) in [5, 5.41) is 3.69. The zero-order valence-electron chi connectivity index (χ0n) is 17.5. The van der Waals surface area contributed by atoms with Gasteiger partial charge in [-0.25, -0.2) is 4.39 Å². The highest BCUT2D eigenvalue weighted by atomic mass is 35.5. The molecule has 0 aliphatic heterocycles. The number of nitrogens with two attached hydrogens (primary N) is 1. The summed E-state index contributed by atoms with van der Waals surface area (Å²) < 4.78 is 24.3. The van der Waals surface area contributed by atoms with Crippen molar-refractivity contribution >= 4 is 17.6 Å². The molecule has 0 aliphatic rings. The third kappa shape index (κ3) is 7.69. The van der Waals surface area contributed by atoms with E-state index < -0.39 is 0 Å². The van der Waals surface area contributed by atoms with Crippen molar-refractivity contribution in [2.24, 2.45) is 11.7 Å². The maximum atomic E-state index is 14.1. The summed E-state index contributed by atoms with van der Waals surface area (Å²) >= 11 is 5.98. The standard InChI is InChI=1S/C23H30ClFN2O3/c1-3-30-23(28)18(15-27-10-11-29-2)13-20(26)12-16-4-6-17(7-5-16)21-14-19(24)8-9-22(21)25/h4-9,14,18,20,27H,3,10-13,15,26H2,1-2H3. The first-order valence-corrected chi connectivity index (χ1v) is 10.5. The molecule has 0 aromatic heterocycles. The van der Waals surface area contributed by atoms with Gasteiger partial charge < -0.3 is 20.5 Å². The molecule has 7 heteroatoms. The molecule has 0 radical (unpaired) electrons. The van der Waals surface area contributed by atoms with Crippen molar-refractivity contribution in [1.82, 2.24) is 5.32 Å². The number of ether oxygens (including phenoxy) is 2. The van der Waals surface area contributed by atoms with Gasteiger partial charge in [-0.05, 0) is 49.1 Å². The molecule has 2 atom stereocenters. The van der Waals surface area contributed by atoms with Gasteiger partial charge in [-0.1, -0.05) is 35.9 Å². The maximum Gasteiger partial charge on any atom is 0.310 e. The number of nitrogens with one attached hydrogen (secondary N) is 1. The van der Waals surface area contributed by atoms with Gasteiger partial charge in [0.05, 0.1) is 19.1 Å². The lowest BCUT2D eigenvalue weighted by atomic mass is 9.94. The minimum Gasteiger partial charge on any atom is -0.466 e. The SMILES string of the molecule is CCOC(=O)C(CNCCOC)CC(N)Cc1ccc(-c2cc(Cl)ccc2F)cc1. The van der Waals surface area contributed by atoms with Crippen LogP contribution in [0.2, 0.25) is 5.02 Å². The molecule has 2 rings (SSSR count). The molecule has 0 amide bonds. The van der Waals surface area contributed by atoms with Crippen molar-refractivity contribution in [2.45, 2.75) is 25.8 Å². The van der Waals surface area contributed by atoms with Gasteiger partial charge in [-0.2, -0.15) is 0 Å². The molecule has 0 bridgehead atoms. The number of hydrogen-bond donors (Lipinski definition) is 2. The second kappa shape index (κ2) is 12.6. The zero-order chi connectivity index (χ0) is 21.9. The average molecular weight is 437 g/mol. The second-order valence-corrected chi connectivity index (χ2v) is 7.60. The smallest absolute Gasteiger partial charge is 0.310 e. The van der Waals surface area contributed by atoms with Gasteiger partial charge in [0.1, 0.15) is 5.82 Å². The van der Waals surface area contributed by atoms with E-state index in [1.54, 1.807) is 20.1 Å². The van der Waals surface area contributed by atoms with Crippen LogP contribution in [0.1, 0.15) is 18.9 Å². The fourth-order valence-corrected chi connectivity index (χ4v) is 3.44. The molecule has 0 heterocycles. The summed E-state index contributed by atoms with van der Waals surface area (Å²) in [5.41, 5.74) is 8.55. The summed E-state index contributed by atoms with van der Waals surface area (Å²) in [6.07, 6.45) is 1.11. The number of rotatable bonds is 12. The number of carbonyl (C=O) groups excluding carboxylic acids is 1. The summed E-state index contributed by atoms with van der Waals surface area (Å²) in [6, 6.07) is 11.8. The van der Waals surface area contributed by atoms with E-state index in [0.717, 1.165) is 11.1 Å². The number of carbonyl (C=O) groups is 1. The summed E-state index contributed by atoms with van der Waals surface area (Å²) in [5.74, 6) is -0.886. The monoisotopic (exact) mass is 436 g/mol.